The predicted molar refractivity (Wildman–Crippen MR) is 106 cm³/mol. The molecule has 3 aliphatic rings. The maximum Gasteiger partial charge on any atom is 0.181 e. The monoisotopic (exact) mass is 369 g/mol. The highest BCUT2D eigenvalue weighted by molar-refractivity contribution is 8.00. The van der Waals surface area contributed by atoms with E-state index in [2.05, 4.69) is 16.9 Å². The summed E-state index contributed by atoms with van der Waals surface area (Å²) in [5.41, 5.74) is 7.73. The minimum absolute atomic E-state index is 0.761. The molecule has 0 spiro atoms. The van der Waals surface area contributed by atoms with Crippen molar-refractivity contribution in [2.24, 2.45) is 0 Å². The highest BCUT2D eigenvalue weighted by atomic mass is 32.2. The van der Waals surface area contributed by atoms with Crippen LogP contribution < -0.4 is 4.72 Å². The van der Waals surface area contributed by atoms with Crippen LogP contribution in [0.1, 0.15) is 72.6 Å². The number of benzene rings is 1. The molecule has 138 valence electrons. The first-order valence-corrected chi connectivity index (χ1v) is 10.9. The summed E-state index contributed by atoms with van der Waals surface area (Å²) in [5, 5.41) is 11.6. The van der Waals surface area contributed by atoms with Crippen LogP contribution in [0.15, 0.2) is 21.6 Å². The van der Waals surface area contributed by atoms with Gasteiger partial charge >= 0.3 is 0 Å². The first kappa shape index (κ1) is 16.8. The van der Waals surface area contributed by atoms with E-state index in [9.17, 15) is 5.11 Å². The Morgan fingerprint density at radius 1 is 0.962 bits per heavy atom. The molecule has 1 unspecified atom stereocenters. The molecule has 1 aromatic carbocycles. The van der Waals surface area contributed by atoms with Crippen LogP contribution in [-0.2, 0) is 37.7 Å². The average Bonchev–Trinajstić information content (AvgIpc) is 3.33. The fourth-order valence-electron chi connectivity index (χ4n) is 5.03. The highest BCUT2D eigenvalue weighted by Gasteiger charge is 2.31. The largest absolute Gasteiger partial charge is 0.453 e. The van der Waals surface area contributed by atoms with Gasteiger partial charge in [-0.25, -0.2) is 0 Å². The molecule has 4 heteroatoms. The molecule has 0 saturated heterocycles. The topological polar surface area (TPSA) is 45.4 Å². The summed E-state index contributed by atoms with van der Waals surface area (Å²) in [7, 11) is 0. The van der Waals surface area contributed by atoms with Gasteiger partial charge in [0.25, 0.3) is 0 Å². The van der Waals surface area contributed by atoms with Crippen molar-refractivity contribution < 1.29 is 9.52 Å². The van der Waals surface area contributed by atoms with Gasteiger partial charge in [0.15, 0.2) is 5.09 Å². The van der Waals surface area contributed by atoms with Gasteiger partial charge in [0.2, 0.25) is 0 Å². The lowest BCUT2D eigenvalue weighted by Gasteiger charge is -2.20. The molecule has 26 heavy (non-hydrogen) atoms. The second-order valence-electron chi connectivity index (χ2n) is 8.32. The van der Waals surface area contributed by atoms with Gasteiger partial charge in [-0.1, -0.05) is 6.07 Å². The first-order valence-electron chi connectivity index (χ1n) is 10.1. The smallest absolute Gasteiger partial charge is 0.181 e. The van der Waals surface area contributed by atoms with Gasteiger partial charge in [-0.3, -0.25) is 0 Å². The minimum Gasteiger partial charge on any atom is -0.453 e. The number of fused-ring (bicyclic) bond motifs is 3. The van der Waals surface area contributed by atoms with Crippen LogP contribution in [0.25, 0.3) is 0 Å². The van der Waals surface area contributed by atoms with Crippen LogP contribution in [0.5, 0.6) is 0 Å². The number of hydrogen-bond donors (Lipinski definition) is 2. The minimum atomic E-state index is -0.761. The molecule has 1 atom stereocenters. The maximum absolute atomic E-state index is 10.8. The van der Waals surface area contributed by atoms with Crippen molar-refractivity contribution in [1.29, 1.82) is 0 Å². The van der Waals surface area contributed by atoms with Crippen molar-refractivity contribution in [3.63, 3.8) is 0 Å². The van der Waals surface area contributed by atoms with Crippen LogP contribution in [0.3, 0.4) is 0 Å². The predicted octanol–water partition coefficient (Wildman–Crippen LogP) is 5.31. The fourth-order valence-corrected chi connectivity index (χ4v) is 5.79. The van der Waals surface area contributed by atoms with Crippen molar-refractivity contribution in [3.05, 3.63) is 45.7 Å². The van der Waals surface area contributed by atoms with Crippen molar-refractivity contribution in [2.75, 3.05) is 4.72 Å². The standard InChI is InChI=1S/C22H27NO2S/c1-22(24)11-3-2-10-19-18(22)13-20(25-19)26-23-21-16-8-4-6-14(16)12-15-7-5-9-17(15)21/h12-13,23-24H,2-11H2,1H3. The molecule has 2 aromatic rings. The lowest BCUT2D eigenvalue weighted by atomic mass is 9.94. The summed E-state index contributed by atoms with van der Waals surface area (Å²) in [5.74, 6) is 0.973. The van der Waals surface area contributed by atoms with Crippen LogP contribution in [0, 0.1) is 0 Å². The molecule has 3 nitrogen and oxygen atoms in total. The van der Waals surface area contributed by atoms with Crippen molar-refractivity contribution in [1.82, 2.24) is 0 Å². The Balaban J connectivity index is 1.43. The van der Waals surface area contributed by atoms with Gasteiger partial charge in [0, 0.05) is 23.9 Å². The molecule has 0 amide bonds. The van der Waals surface area contributed by atoms with Crippen molar-refractivity contribution >= 4 is 17.6 Å². The van der Waals surface area contributed by atoms with Crippen LogP contribution in [-0.4, -0.2) is 5.11 Å². The Hall–Kier alpha value is -1.39. The van der Waals surface area contributed by atoms with Gasteiger partial charge < -0.3 is 14.2 Å². The fraction of sp³-hybridized carbons (Fsp3) is 0.545. The molecule has 0 saturated carbocycles. The van der Waals surface area contributed by atoms with Gasteiger partial charge in [-0.2, -0.15) is 0 Å². The molecule has 1 aromatic heterocycles. The van der Waals surface area contributed by atoms with Crippen LogP contribution in [0.4, 0.5) is 5.69 Å². The quantitative estimate of drug-likeness (QED) is 0.568. The molecule has 0 bridgehead atoms. The Kier molecular flexibility index (Phi) is 4.09. The highest BCUT2D eigenvalue weighted by Crippen LogP contribution is 2.42. The third-order valence-corrected chi connectivity index (χ3v) is 7.12. The number of hydrogen-bond acceptors (Lipinski definition) is 4. The molecular formula is C22H27NO2S. The second-order valence-corrected chi connectivity index (χ2v) is 9.13. The number of anilines is 1. The van der Waals surface area contributed by atoms with Crippen molar-refractivity contribution in [3.8, 4) is 0 Å². The first-order chi connectivity index (χ1) is 12.6. The van der Waals surface area contributed by atoms with E-state index in [1.165, 1.54) is 55.3 Å². The molecule has 0 radical (unpaired) electrons. The Morgan fingerprint density at radius 3 is 2.42 bits per heavy atom. The van der Waals surface area contributed by atoms with E-state index in [1.54, 1.807) is 23.1 Å². The summed E-state index contributed by atoms with van der Waals surface area (Å²) in [6, 6.07) is 4.52. The lowest BCUT2D eigenvalue weighted by molar-refractivity contribution is 0.0468. The molecule has 3 aliphatic carbocycles. The number of aryl methyl sites for hydroxylation is 3. The van der Waals surface area contributed by atoms with Gasteiger partial charge in [-0.05, 0) is 93.0 Å². The zero-order chi connectivity index (χ0) is 17.7. The maximum atomic E-state index is 10.8. The molecular weight excluding hydrogens is 342 g/mol. The third kappa shape index (κ3) is 2.78. The van der Waals surface area contributed by atoms with Gasteiger partial charge in [0.05, 0.1) is 11.3 Å². The second kappa shape index (κ2) is 6.35. The summed E-state index contributed by atoms with van der Waals surface area (Å²) in [6.45, 7) is 1.92. The summed E-state index contributed by atoms with van der Waals surface area (Å²) in [4.78, 5) is 0. The molecule has 0 fully saturated rings. The summed E-state index contributed by atoms with van der Waals surface area (Å²) in [6.07, 6.45) is 11.3. The van der Waals surface area contributed by atoms with Gasteiger partial charge in [-0.15, -0.1) is 0 Å². The van der Waals surface area contributed by atoms with E-state index in [0.717, 1.165) is 42.1 Å². The van der Waals surface area contributed by atoms with E-state index in [1.807, 2.05) is 6.92 Å². The van der Waals surface area contributed by atoms with Crippen molar-refractivity contribution in [2.45, 2.75) is 81.8 Å². The third-order valence-electron chi connectivity index (χ3n) is 6.41. The van der Waals surface area contributed by atoms with E-state index < -0.39 is 5.60 Å². The van der Waals surface area contributed by atoms with Crippen LogP contribution >= 0.6 is 11.9 Å². The zero-order valence-corrected chi connectivity index (χ0v) is 16.3. The number of nitrogens with one attached hydrogen (secondary N) is 1. The Labute approximate surface area is 159 Å². The van der Waals surface area contributed by atoms with Gasteiger partial charge in [0.1, 0.15) is 5.76 Å². The normalized spacial score (nSPS) is 24.1. The van der Waals surface area contributed by atoms with E-state index in [4.69, 9.17) is 4.42 Å². The van der Waals surface area contributed by atoms with Crippen LogP contribution in [0.2, 0.25) is 0 Å². The lowest BCUT2D eigenvalue weighted by Crippen LogP contribution is -2.19. The number of furan rings is 1. The molecule has 5 rings (SSSR count). The summed E-state index contributed by atoms with van der Waals surface area (Å²) >= 11 is 1.58. The Bertz CT molecular complexity index is 820. The van der Waals surface area contributed by atoms with E-state index in [0.29, 0.717) is 0 Å². The molecule has 1 heterocycles. The van der Waals surface area contributed by atoms with E-state index >= 15 is 0 Å². The average molecular weight is 370 g/mol. The molecule has 0 aliphatic heterocycles. The summed E-state index contributed by atoms with van der Waals surface area (Å²) < 4.78 is 9.78. The molecule has 2 N–H and O–H groups in total. The number of rotatable bonds is 3. The number of aliphatic hydroxyl groups is 1. The Morgan fingerprint density at radius 2 is 1.69 bits per heavy atom. The van der Waals surface area contributed by atoms with E-state index in [-0.39, 0.29) is 0 Å². The zero-order valence-electron chi connectivity index (χ0n) is 15.5. The SMILES string of the molecule is CC1(O)CCCCc2oc(SNc3c4c(cc5c3CCC5)CCC4)cc21.